The van der Waals surface area contributed by atoms with Gasteiger partial charge in [-0.15, -0.1) is 0 Å². The van der Waals surface area contributed by atoms with Crippen LogP contribution in [0.15, 0.2) is 42.5 Å². The quantitative estimate of drug-likeness (QED) is 0.763. The first-order valence-electron chi connectivity index (χ1n) is 7.74. The van der Waals surface area contributed by atoms with Crippen molar-refractivity contribution in [3.8, 4) is 0 Å². The van der Waals surface area contributed by atoms with E-state index >= 15 is 0 Å². The SMILES string of the molecule is CCCc1ccc(C(NCC)c2ccc(Cl)cc2C)cc1. The fourth-order valence-electron chi connectivity index (χ4n) is 2.74. The van der Waals surface area contributed by atoms with Crippen molar-refractivity contribution in [2.45, 2.75) is 39.7 Å². The fraction of sp³-hybridized carbons (Fsp3) is 0.368. The molecule has 0 saturated carbocycles. The number of nitrogens with one attached hydrogen (secondary N) is 1. The molecule has 0 fully saturated rings. The van der Waals surface area contributed by atoms with Crippen LogP contribution in [0, 0.1) is 6.92 Å². The Balaban J connectivity index is 2.33. The van der Waals surface area contributed by atoms with Gasteiger partial charge in [-0.3, -0.25) is 0 Å². The van der Waals surface area contributed by atoms with Crippen molar-refractivity contribution < 1.29 is 0 Å². The Labute approximate surface area is 133 Å². The van der Waals surface area contributed by atoms with Gasteiger partial charge in [0.05, 0.1) is 6.04 Å². The minimum atomic E-state index is 0.225. The molecule has 0 aliphatic heterocycles. The van der Waals surface area contributed by atoms with Gasteiger partial charge in [0.15, 0.2) is 0 Å². The zero-order chi connectivity index (χ0) is 15.2. The summed E-state index contributed by atoms with van der Waals surface area (Å²) in [7, 11) is 0. The highest BCUT2D eigenvalue weighted by atomic mass is 35.5. The molecular weight excluding hydrogens is 278 g/mol. The molecule has 1 nitrogen and oxygen atoms in total. The lowest BCUT2D eigenvalue weighted by Crippen LogP contribution is -2.22. The van der Waals surface area contributed by atoms with Crippen LogP contribution in [-0.4, -0.2) is 6.54 Å². The summed E-state index contributed by atoms with van der Waals surface area (Å²) in [4.78, 5) is 0. The lowest BCUT2D eigenvalue weighted by atomic mass is 9.94. The lowest BCUT2D eigenvalue weighted by Gasteiger charge is -2.21. The van der Waals surface area contributed by atoms with Gasteiger partial charge in [-0.25, -0.2) is 0 Å². The van der Waals surface area contributed by atoms with Gasteiger partial charge in [-0.1, -0.05) is 62.2 Å². The van der Waals surface area contributed by atoms with E-state index in [4.69, 9.17) is 11.6 Å². The second-order valence-corrected chi connectivity index (χ2v) is 5.92. The molecule has 0 spiro atoms. The topological polar surface area (TPSA) is 12.0 Å². The first-order chi connectivity index (χ1) is 10.2. The summed E-state index contributed by atoms with van der Waals surface area (Å²) in [6.45, 7) is 7.41. The number of halogens is 1. The van der Waals surface area contributed by atoms with Gasteiger partial charge in [-0.2, -0.15) is 0 Å². The zero-order valence-corrected chi connectivity index (χ0v) is 13.9. The molecule has 2 heteroatoms. The molecule has 21 heavy (non-hydrogen) atoms. The minimum absolute atomic E-state index is 0.225. The predicted octanol–water partition coefficient (Wildman–Crippen LogP) is 5.30. The van der Waals surface area contributed by atoms with E-state index in [0.717, 1.165) is 18.0 Å². The second-order valence-electron chi connectivity index (χ2n) is 5.48. The molecule has 1 atom stereocenters. The maximum Gasteiger partial charge on any atom is 0.0579 e. The maximum atomic E-state index is 6.08. The molecule has 2 rings (SSSR count). The number of benzene rings is 2. The lowest BCUT2D eigenvalue weighted by molar-refractivity contribution is 0.627. The summed E-state index contributed by atoms with van der Waals surface area (Å²) >= 11 is 6.08. The molecular formula is C19H24ClN. The Kier molecular flexibility index (Phi) is 5.84. The van der Waals surface area contributed by atoms with E-state index in [1.807, 2.05) is 12.1 Å². The third-order valence-corrected chi connectivity index (χ3v) is 4.04. The van der Waals surface area contributed by atoms with Crippen molar-refractivity contribution in [2.75, 3.05) is 6.54 Å². The largest absolute Gasteiger partial charge is 0.307 e. The van der Waals surface area contributed by atoms with E-state index in [-0.39, 0.29) is 6.04 Å². The Hall–Kier alpha value is -1.31. The van der Waals surface area contributed by atoms with Crippen molar-refractivity contribution in [2.24, 2.45) is 0 Å². The van der Waals surface area contributed by atoms with Gasteiger partial charge in [0.25, 0.3) is 0 Å². The number of rotatable bonds is 6. The Morgan fingerprint density at radius 3 is 2.33 bits per heavy atom. The smallest absolute Gasteiger partial charge is 0.0579 e. The highest BCUT2D eigenvalue weighted by Crippen LogP contribution is 2.27. The van der Waals surface area contributed by atoms with E-state index < -0.39 is 0 Å². The van der Waals surface area contributed by atoms with Gasteiger partial charge in [0, 0.05) is 5.02 Å². The average molecular weight is 302 g/mol. The number of hydrogen-bond acceptors (Lipinski definition) is 1. The van der Waals surface area contributed by atoms with E-state index in [9.17, 15) is 0 Å². The Bertz CT molecular complexity index is 575. The summed E-state index contributed by atoms with van der Waals surface area (Å²) < 4.78 is 0. The molecule has 0 bridgehead atoms. The van der Waals surface area contributed by atoms with E-state index in [2.05, 4.69) is 56.4 Å². The Morgan fingerprint density at radius 2 is 1.76 bits per heavy atom. The van der Waals surface area contributed by atoms with Gasteiger partial charge in [0.2, 0.25) is 0 Å². The molecule has 112 valence electrons. The molecule has 0 saturated heterocycles. The van der Waals surface area contributed by atoms with E-state index in [0.29, 0.717) is 0 Å². The van der Waals surface area contributed by atoms with Crippen LogP contribution >= 0.6 is 11.6 Å². The van der Waals surface area contributed by atoms with Gasteiger partial charge >= 0.3 is 0 Å². The molecule has 2 aromatic carbocycles. The third kappa shape index (κ3) is 4.09. The van der Waals surface area contributed by atoms with E-state index in [1.54, 1.807) is 0 Å². The summed E-state index contributed by atoms with van der Waals surface area (Å²) in [6.07, 6.45) is 2.33. The first kappa shape index (κ1) is 16.1. The molecule has 0 aliphatic carbocycles. The first-order valence-corrected chi connectivity index (χ1v) is 8.11. The molecule has 0 aliphatic rings. The molecule has 0 radical (unpaired) electrons. The van der Waals surface area contributed by atoms with Gasteiger partial charge in [0.1, 0.15) is 0 Å². The normalized spacial score (nSPS) is 12.4. The third-order valence-electron chi connectivity index (χ3n) is 3.80. The molecule has 2 aromatic rings. The number of hydrogen-bond donors (Lipinski definition) is 1. The van der Waals surface area contributed by atoms with Crippen LogP contribution in [-0.2, 0) is 6.42 Å². The minimum Gasteiger partial charge on any atom is -0.307 e. The zero-order valence-electron chi connectivity index (χ0n) is 13.1. The van der Waals surface area contributed by atoms with Crippen LogP contribution in [0.5, 0.6) is 0 Å². The second kappa shape index (κ2) is 7.63. The van der Waals surface area contributed by atoms with Crippen LogP contribution in [0.4, 0.5) is 0 Å². The molecule has 0 heterocycles. The van der Waals surface area contributed by atoms with Crippen molar-refractivity contribution in [3.63, 3.8) is 0 Å². The standard InChI is InChI=1S/C19H24ClN/c1-4-6-15-7-9-16(10-8-15)19(21-5-2)18-12-11-17(20)13-14(18)3/h7-13,19,21H,4-6H2,1-3H3. The predicted molar refractivity (Wildman–Crippen MR) is 92.1 cm³/mol. The van der Waals surface area contributed by atoms with Crippen LogP contribution in [0.25, 0.3) is 0 Å². The van der Waals surface area contributed by atoms with E-state index in [1.165, 1.54) is 28.7 Å². The van der Waals surface area contributed by atoms with Crippen molar-refractivity contribution >= 4 is 11.6 Å². The molecule has 1 N–H and O–H groups in total. The average Bonchev–Trinajstić information content (AvgIpc) is 2.47. The summed E-state index contributed by atoms with van der Waals surface area (Å²) in [6, 6.07) is 15.3. The number of aryl methyl sites for hydroxylation is 2. The van der Waals surface area contributed by atoms with Crippen LogP contribution in [0.3, 0.4) is 0 Å². The van der Waals surface area contributed by atoms with Crippen LogP contribution < -0.4 is 5.32 Å². The fourth-order valence-corrected chi connectivity index (χ4v) is 2.97. The summed E-state index contributed by atoms with van der Waals surface area (Å²) in [5.74, 6) is 0. The van der Waals surface area contributed by atoms with Crippen LogP contribution in [0.2, 0.25) is 5.02 Å². The Morgan fingerprint density at radius 1 is 1.05 bits per heavy atom. The molecule has 0 aromatic heterocycles. The van der Waals surface area contributed by atoms with Crippen LogP contribution in [0.1, 0.15) is 48.6 Å². The highest BCUT2D eigenvalue weighted by Gasteiger charge is 2.15. The van der Waals surface area contributed by atoms with Crippen molar-refractivity contribution in [1.29, 1.82) is 0 Å². The monoisotopic (exact) mass is 301 g/mol. The molecule has 0 amide bonds. The summed E-state index contributed by atoms with van der Waals surface area (Å²) in [5.41, 5.74) is 5.24. The van der Waals surface area contributed by atoms with Crippen molar-refractivity contribution in [1.82, 2.24) is 5.32 Å². The highest BCUT2D eigenvalue weighted by molar-refractivity contribution is 6.30. The van der Waals surface area contributed by atoms with Crippen molar-refractivity contribution in [3.05, 3.63) is 69.7 Å². The summed E-state index contributed by atoms with van der Waals surface area (Å²) in [5, 5.41) is 4.38. The van der Waals surface area contributed by atoms with Gasteiger partial charge < -0.3 is 5.32 Å². The van der Waals surface area contributed by atoms with Gasteiger partial charge in [-0.05, 0) is 54.3 Å². The molecule has 1 unspecified atom stereocenters. The maximum absolute atomic E-state index is 6.08.